The van der Waals surface area contributed by atoms with Gasteiger partial charge in [0, 0.05) is 24.2 Å². The van der Waals surface area contributed by atoms with Crippen molar-refractivity contribution in [1.82, 2.24) is 9.97 Å². The van der Waals surface area contributed by atoms with Crippen molar-refractivity contribution in [2.45, 2.75) is 18.3 Å². The molecule has 2 aromatic carbocycles. The van der Waals surface area contributed by atoms with Crippen LogP contribution in [0.1, 0.15) is 19.8 Å². The van der Waals surface area contributed by atoms with E-state index in [0.717, 1.165) is 52.1 Å². The Balaban J connectivity index is 0.00000204. The van der Waals surface area contributed by atoms with Crippen LogP contribution >= 0.6 is 0 Å². The minimum absolute atomic E-state index is 0. The minimum atomic E-state index is -0.493. The van der Waals surface area contributed by atoms with Gasteiger partial charge in [0.2, 0.25) is 12.7 Å². The van der Waals surface area contributed by atoms with Crippen molar-refractivity contribution in [3.63, 3.8) is 0 Å². The number of carbonyl (C=O) groups is 1. The number of H-pyrrole nitrogens is 1. The van der Waals surface area contributed by atoms with Crippen LogP contribution in [0.4, 0.5) is 5.69 Å². The molecule has 3 heterocycles. The van der Waals surface area contributed by atoms with E-state index in [9.17, 15) is 4.79 Å². The molecule has 2 aromatic heterocycles. The van der Waals surface area contributed by atoms with Crippen LogP contribution in [-0.2, 0) is 10.2 Å². The first-order valence-corrected chi connectivity index (χ1v) is 9.97. The molecular formula is C24H21N3O3. The molecule has 0 atom stereocenters. The molecule has 6 rings (SSSR count). The van der Waals surface area contributed by atoms with Crippen molar-refractivity contribution in [1.29, 1.82) is 0 Å². The molecule has 150 valence electrons. The average Bonchev–Trinajstić information content (AvgIpc) is 3.27. The third kappa shape index (κ3) is 2.72. The zero-order valence-electron chi connectivity index (χ0n) is 16.1. The number of fused-ring (bicyclic) bond motifs is 2. The summed E-state index contributed by atoms with van der Waals surface area (Å²) in [7, 11) is 0. The number of nitrogens with zero attached hydrogens (tertiary/aromatic N) is 1. The number of pyridine rings is 1. The first-order chi connectivity index (χ1) is 14.7. The maximum absolute atomic E-state index is 13.2. The summed E-state index contributed by atoms with van der Waals surface area (Å²) in [5, 5.41) is 4.14. The highest BCUT2D eigenvalue weighted by Crippen LogP contribution is 2.51. The van der Waals surface area contributed by atoms with Crippen LogP contribution < -0.4 is 14.8 Å². The Kier molecular flexibility index (Phi) is 3.62. The van der Waals surface area contributed by atoms with Crippen molar-refractivity contribution >= 4 is 22.5 Å². The molecule has 2 aliphatic rings. The smallest absolute Gasteiger partial charge is 0.235 e. The second-order valence-electron chi connectivity index (χ2n) is 7.80. The van der Waals surface area contributed by atoms with E-state index in [1.165, 1.54) is 0 Å². The number of carbonyl (C=O) groups excluding carboxylic acids is 1. The van der Waals surface area contributed by atoms with Crippen LogP contribution in [0.25, 0.3) is 22.3 Å². The highest BCUT2D eigenvalue weighted by molar-refractivity contribution is 6.02. The number of hydrogen-bond acceptors (Lipinski definition) is 4. The number of amides is 1. The van der Waals surface area contributed by atoms with Gasteiger partial charge in [-0.05, 0) is 66.9 Å². The molecule has 4 aromatic rings. The van der Waals surface area contributed by atoms with Gasteiger partial charge in [0.15, 0.2) is 11.5 Å². The van der Waals surface area contributed by atoms with Crippen molar-refractivity contribution < 1.29 is 15.7 Å². The van der Waals surface area contributed by atoms with E-state index in [4.69, 9.17) is 9.47 Å². The summed E-state index contributed by atoms with van der Waals surface area (Å²) in [5.74, 6) is 1.46. The fraction of sp³-hybridized carbons (Fsp3) is 0.167. The molecule has 0 saturated heterocycles. The van der Waals surface area contributed by atoms with Crippen LogP contribution in [0.15, 0.2) is 66.9 Å². The average molecular weight is 399 g/mol. The number of rotatable bonds is 4. The summed E-state index contributed by atoms with van der Waals surface area (Å²) in [6, 6.07) is 19.6. The Bertz CT molecular complexity index is 1280. The lowest BCUT2D eigenvalue weighted by molar-refractivity contribution is -0.118. The minimum Gasteiger partial charge on any atom is -0.454 e. The highest BCUT2D eigenvalue weighted by atomic mass is 16.7. The quantitative estimate of drug-likeness (QED) is 0.513. The van der Waals surface area contributed by atoms with Gasteiger partial charge < -0.3 is 19.8 Å². The molecule has 0 spiro atoms. The van der Waals surface area contributed by atoms with Gasteiger partial charge in [0.05, 0.1) is 16.8 Å². The molecule has 0 radical (unpaired) electrons. The Hall–Kier alpha value is -3.80. The zero-order chi connectivity index (χ0) is 20.1. The Morgan fingerprint density at radius 1 is 1.03 bits per heavy atom. The standard InChI is InChI=1S/C24H19N3O3.H2/c28-23(24(8-9-24)16-4-7-21-22(13-16)30-14-29-21)26-17-5-6-18-15(11-17)12-20(27-18)19-3-1-2-10-25-19;/h1-7,10-13,27H,8-9,14H2,(H,26,28);1H. The Morgan fingerprint density at radius 2 is 1.93 bits per heavy atom. The molecule has 1 saturated carbocycles. The summed E-state index contributed by atoms with van der Waals surface area (Å²) >= 11 is 0. The Morgan fingerprint density at radius 3 is 2.77 bits per heavy atom. The highest BCUT2D eigenvalue weighted by Gasteiger charge is 2.51. The fourth-order valence-electron chi connectivity index (χ4n) is 4.09. The van der Waals surface area contributed by atoms with Gasteiger partial charge in [-0.1, -0.05) is 12.1 Å². The molecule has 1 aliphatic carbocycles. The third-order valence-corrected chi connectivity index (χ3v) is 5.93. The lowest BCUT2D eigenvalue weighted by Gasteiger charge is -2.16. The molecule has 30 heavy (non-hydrogen) atoms. The number of ether oxygens (including phenoxy) is 2. The molecule has 6 nitrogen and oxygen atoms in total. The monoisotopic (exact) mass is 399 g/mol. The maximum Gasteiger partial charge on any atom is 0.235 e. The van der Waals surface area contributed by atoms with Crippen molar-refractivity contribution in [3.8, 4) is 22.9 Å². The van der Waals surface area contributed by atoms with E-state index in [0.29, 0.717) is 5.75 Å². The van der Waals surface area contributed by atoms with Gasteiger partial charge in [0.25, 0.3) is 0 Å². The Labute approximate surface area is 174 Å². The summed E-state index contributed by atoms with van der Waals surface area (Å²) in [4.78, 5) is 20.9. The van der Waals surface area contributed by atoms with E-state index in [1.54, 1.807) is 6.20 Å². The lowest BCUT2D eigenvalue weighted by atomic mass is 9.94. The van der Waals surface area contributed by atoms with Crippen molar-refractivity contribution in [3.05, 3.63) is 72.4 Å². The predicted molar refractivity (Wildman–Crippen MR) is 116 cm³/mol. The largest absolute Gasteiger partial charge is 0.454 e. The first-order valence-electron chi connectivity index (χ1n) is 9.97. The topological polar surface area (TPSA) is 76.2 Å². The normalized spacial score (nSPS) is 15.9. The van der Waals surface area contributed by atoms with Crippen LogP contribution in [0.5, 0.6) is 11.5 Å². The summed E-state index contributed by atoms with van der Waals surface area (Å²) in [6.07, 6.45) is 3.43. The van der Waals surface area contributed by atoms with Gasteiger partial charge in [0.1, 0.15) is 0 Å². The number of aromatic amines is 1. The number of nitrogens with one attached hydrogen (secondary N) is 2. The SMILES string of the molecule is O=C(Nc1ccc2[nH]c(-c3ccccn3)cc2c1)C1(c2ccc3c(c2)OCO3)CC1.[HH]. The second-order valence-corrected chi connectivity index (χ2v) is 7.80. The van der Waals surface area contributed by atoms with Crippen LogP contribution in [-0.4, -0.2) is 22.7 Å². The second kappa shape index (κ2) is 6.35. The van der Waals surface area contributed by atoms with Crippen LogP contribution in [0, 0.1) is 0 Å². The molecule has 0 bridgehead atoms. The fourth-order valence-corrected chi connectivity index (χ4v) is 4.09. The molecule has 1 aliphatic heterocycles. The lowest BCUT2D eigenvalue weighted by Crippen LogP contribution is -2.27. The third-order valence-electron chi connectivity index (χ3n) is 5.93. The number of aromatic nitrogens is 2. The maximum atomic E-state index is 13.2. The molecule has 6 heteroatoms. The van der Waals surface area contributed by atoms with E-state index in [2.05, 4.69) is 21.4 Å². The molecule has 2 N–H and O–H groups in total. The van der Waals surface area contributed by atoms with Crippen molar-refractivity contribution in [2.24, 2.45) is 0 Å². The summed E-state index contributed by atoms with van der Waals surface area (Å²) in [6.45, 7) is 0.231. The van der Waals surface area contributed by atoms with Gasteiger partial charge in [-0.3, -0.25) is 9.78 Å². The molecule has 1 amide bonds. The summed E-state index contributed by atoms with van der Waals surface area (Å²) in [5.41, 5.74) is 4.11. The molecule has 1 fully saturated rings. The summed E-state index contributed by atoms with van der Waals surface area (Å²) < 4.78 is 10.9. The molecule has 0 unspecified atom stereocenters. The van der Waals surface area contributed by atoms with E-state index in [-0.39, 0.29) is 14.1 Å². The number of benzene rings is 2. The molecular weight excluding hydrogens is 378 g/mol. The number of hydrogen-bond donors (Lipinski definition) is 2. The number of anilines is 1. The van der Waals surface area contributed by atoms with Gasteiger partial charge in [-0.25, -0.2) is 0 Å². The van der Waals surface area contributed by atoms with Gasteiger partial charge >= 0.3 is 0 Å². The first kappa shape index (κ1) is 17.1. The van der Waals surface area contributed by atoms with Gasteiger partial charge in [-0.2, -0.15) is 0 Å². The van der Waals surface area contributed by atoms with Crippen LogP contribution in [0.2, 0.25) is 0 Å². The predicted octanol–water partition coefficient (Wildman–Crippen LogP) is 4.87. The van der Waals surface area contributed by atoms with E-state index in [1.807, 2.05) is 54.6 Å². The van der Waals surface area contributed by atoms with E-state index >= 15 is 0 Å². The van der Waals surface area contributed by atoms with E-state index < -0.39 is 5.41 Å². The zero-order valence-corrected chi connectivity index (χ0v) is 16.1. The van der Waals surface area contributed by atoms with Gasteiger partial charge in [-0.15, -0.1) is 0 Å². The van der Waals surface area contributed by atoms with Crippen LogP contribution in [0.3, 0.4) is 0 Å². The van der Waals surface area contributed by atoms with Crippen molar-refractivity contribution in [2.75, 3.05) is 12.1 Å².